The second-order valence-corrected chi connectivity index (χ2v) is 4.69. The molecule has 0 heterocycles. The molecule has 0 aliphatic rings. The molecule has 0 saturated heterocycles. The largest absolute Gasteiger partial charge is 0.491 e. The summed E-state index contributed by atoms with van der Waals surface area (Å²) in [6.07, 6.45) is 0. The van der Waals surface area contributed by atoms with E-state index in [2.05, 4.69) is 4.74 Å². The molecular formula is C13H17NO5. The summed E-state index contributed by atoms with van der Waals surface area (Å²) in [5, 5.41) is 9.08. The highest BCUT2D eigenvalue weighted by atomic mass is 16.5. The molecule has 1 aromatic carbocycles. The number of aromatic carboxylic acids is 1. The normalized spacial score (nSPS) is 10.9. The van der Waals surface area contributed by atoms with Crippen LogP contribution in [0.25, 0.3) is 0 Å². The van der Waals surface area contributed by atoms with Crippen LogP contribution in [0.15, 0.2) is 18.2 Å². The van der Waals surface area contributed by atoms with Gasteiger partial charge in [-0.2, -0.15) is 0 Å². The maximum atomic E-state index is 11.5. The van der Waals surface area contributed by atoms with Crippen LogP contribution in [-0.2, 0) is 9.53 Å². The first kappa shape index (κ1) is 14.8. The molecule has 0 aromatic heterocycles. The van der Waals surface area contributed by atoms with Crippen molar-refractivity contribution in [1.29, 1.82) is 0 Å². The second-order valence-electron chi connectivity index (χ2n) is 4.69. The first-order valence-corrected chi connectivity index (χ1v) is 5.62. The van der Waals surface area contributed by atoms with Gasteiger partial charge in [0, 0.05) is 5.69 Å². The molecule has 1 aromatic rings. The third kappa shape index (κ3) is 3.37. The van der Waals surface area contributed by atoms with E-state index in [-0.39, 0.29) is 23.6 Å². The Morgan fingerprint density at radius 3 is 2.53 bits per heavy atom. The van der Waals surface area contributed by atoms with Gasteiger partial charge in [-0.1, -0.05) is 6.07 Å². The van der Waals surface area contributed by atoms with Crippen molar-refractivity contribution >= 4 is 17.6 Å². The zero-order valence-electron chi connectivity index (χ0n) is 11.1. The van der Waals surface area contributed by atoms with Crippen LogP contribution in [0.4, 0.5) is 5.69 Å². The maximum Gasteiger partial charge on any atom is 0.341 e. The maximum absolute atomic E-state index is 11.5. The molecule has 0 radical (unpaired) electrons. The first-order chi connectivity index (χ1) is 8.79. The molecule has 6 nitrogen and oxygen atoms in total. The van der Waals surface area contributed by atoms with Crippen molar-refractivity contribution in [3.05, 3.63) is 23.8 Å². The number of ether oxygens (including phenoxy) is 2. The molecule has 0 atom stereocenters. The summed E-state index contributed by atoms with van der Waals surface area (Å²) >= 11 is 0. The Kier molecular flexibility index (Phi) is 4.37. The molecule has 0 fully saturated rings. The van der Waals surface area contributed by atoms with Gasteiger partial charge < -0.3 is 20.3 Å². The van der Waals surface area contributed by atoms with Crippen molar-refractivity contribution in [2.24, 2.45) is 5.41 Å². The van der Waals surface area contributed by atoms with Gasteiger partial charge in [-0.05, 0) is 26.0 Å². The van der Waals surface area contributed by atoms with Crippen molar-refractivity contribution in [2.45, 2.75) is 13.8 Å². The lowest BCUT2D eigenvalue weighted by Gasteiger charge is -2.22. The summed E-state index contributed by atoms with van der Waals surface area (Å²) in [5.74, 6) is -1.48. The van der Waals surface area contributed by atoms with Crippen LogP contribution >= 0.6 is 0 Å². The van der Waals surface area contributed by atoms with E-state index in [1.54, 1.807) is 19.9 Å². The number of carbonyl (C=O) groups is 2. The number of benzene rings is 1. The van der Waals surface area contributed by atoms with Crippen LogP contribution in [0.5, 0.6) is 5.75 Å². The number of rotatable bonds is 5. The van der Waals surface area contributed by atoms with Gasteiger partial charge >= 0.3 is 11.9 Å². The number of hydrogen-bond acceptors (Lipinski definition) is 5. The van der Waals surface area contributed by atoms with Gasteiger partial charge in [-0.3, -0.25) is 4.79 Å². The fourth-order valence-corrected chi connectivity index (χ4v) is 1.49. The lowest BCUT2D eigenvalue weighted by molar-refractivity contribution is -0.152. The molecule has 0 aliphatic carbocycles. The first-order valence-electron chi connectivity index (χ1n) is 5.62. The Morgan fingerprint density at radius 2 is 2.00 bits per heavy atom. The zero-order chi connectivity index (χ0) is 14.6. The number of methoxy groups -OCH3 is 1. The number of carboxylic acids is 1. The van der Waals surface area contributed by atoms with Crippen LogP contribution in [-0.4, -0.2) is 30.8 Å². The predicted molar refractivity (Wildman–Crippen MR) is 69.1 cm³/mol. The lowest BCUT2D eigenvalue weighted by Crippen LogP contribution is -2.32. The summed E-state index contributed by atoms with van der Waals surface area (Å²) in [4.78, 5) is 22.6. The smallest absolute Gasteiger partial charge is 0.341 e. The molecule has 0 amide bonds. The van der Waals surface area contributed by atoms with Gasteiger partial charge in [0.25, 0.3) is 0 Å². The summed E-state index contributed by atoms with van der Waals surface area (Å²) in [5.41, 5.74) is 4.72. The van der Waals surface area contributed by atoms with Crippen molar-refractivity contribution in [1.82, 2.24) is 0 Å². The SMILES string of the molecule is COC(=O)C(C)(C)COc1cccc(N)c1C(=O)O. The fraction of sp³-hybridized carbons (Fsp3) is 0.385. The third-order valence-corrected chi connectivity index (χ3v) is 2.60. The Hall–Kier alpha value is -2.24. The zero-order valence-corrected chi connectivity index (χ0v) is 11.1. The van der Waals surface area contributed by atoms with Crippen LogP contribution < -0.4 is 10.5 Å². The summed E-state index contributed by atoms with van der Waals surface area (Å²) in [6, 6.07) is 4.55. The number of carboxylic acid groups (broad SMARTS) is 1. The molecule has 0 unspecified atom stereocenters. The fourth-order valence-electron chi connectivity index (χ4n) is 1.49. The average molecular weight is 267 g/mol. The van der Waals surface area contributed by atoms with Gasteiger partial charge in [-0.25, -0.2) is 4.79 Å². The van der Waals surface area contributed by atoms with E-state index in [9.17, 15) is 9.59 Å². The highest BCUT2D eigenvalue weighted by Gasteiger charge is 2.30. The highest BCUT2D eigenvalue weighted by molar-refractivity contribution is 5.96. The molecule has 0 aliphatic heterocycles. The summed E-state index contributed by atoms with van der Waals surface area (Å²) < 4.78 is 10.1. The van der Waals surface area contributed by atoms with Crippen molar-refractivity contribution < 1.29 is 24.2 Å². The minimum Gasteiger partial charge on any atom is -0.491 e. The van der Waals surface area contributed by atoms with Crippen LogP contribution in [0.3, 0.4) is 0 Å². The molecule has 0 bridgehead atoms. The van der Waals surface area contributed by atoms with E-state index in [1.165, 1.54) is 19.2 Å². The average Bonchev–Trinajstić information content (AvgIpc) is 2.34. The van der Waals surface area contributed by atoms with E-state index in [4.69, 9.17) is 15.6 Å². The number of nitrogen functional groups attached to an aromatic ring is 1. The molecule has 104 valence electrons. The number of nitrogens with two attached hydrogens (primary N) is 1. The Morgan fingerprint density at radius 1 is 1.37 bits per heavy atom. The van der Waals surface area contributed by atoms with Crippen LogP contribution in [0.2, 0.25) is 0 Å². The van der Waals surface area contributed by atoms with Gasteiger partial charge in [-0.15, -0.1) is 0 Å². The third-order valence-electron chi connectivity index (χ3n) is 2.60. The van der Waals surface area contributed by atoms with E-state index < -0.39 is 17.4 Å². The lowest BCUT2D eigenvalue weighted by atomic mass is 9.95. The summed E-state index contributed by atoms with van der Waals surface area (Å²) in [7, 11) is 1.28. The van der Waals surface area contributed by atoms with Crippen molar-refractivity contribution in [3.8, 4) is 5.75 Å². The Bertz CT molecular complexity index is 496. The number of carbonyl (C=O) groups excluding carboxylic acids is 1. The van der Waals surface area contributed by atoms with E-state index in [1.807, 2.05) is 0 Å². The van der Waals surface area contributed by atoms with Crippen LogP contribution in [0, 0.1) is 5.41 Å². The van der Waals surface area contributed by atoms with E-state index in [0.29, 0.717) is 0 Å². The number of hydrogen-bond donors (Lipinski definition) is 2. The molecule has 3 N–H and O–H groups in total. The Balaban J connectivity index is 2.93. The van der Waals surface area contributed by atoms with E-state index >= 15 is 0 Å². The Labute approximate surface area is 111 Å². The summed E-state index contributed by atoms with van der Waals surface area (Å²) in [6.45, 7) is 3.28. The van der Waals surface area contributed by atoms with Gasteiger partial charge in [0.15, 0.2) is 0 Å². The molecular weight excluding hydrogens is 250 g/mol. The molecule has 1 rings (SSSR count). The second kappa shape index (κ2) is 5.60. The minimum atomic E-state index is -1.18. The van der Waals surface area contributed by atoms with Crippen molar-refractivity contribution in [2.75, 3.05) is 19.5 Å². The minimum absolute atomic E-state index is 0.0105. The topological polar surface area (TPSA) is 98.9 Å². The van der Waals surface area contributed by atoms with E-state index in [0.717, 1.165) is 0 Å². The molecule has 0 saturated carbocycles. The molecule has 19 heavy (non-hydrogen) atoms. The van der Waals surface area contributed by atoms with Gasteiger partial charge in [0.2, 0.25) is 0 Å². The molecule has 0 spiro atoms. The quantitative estimate of drug-likeness (QED) is 0.620. The highest BCUT2D eigenvalue weighted by Crippen LogP contribution is 2.27. The monoisotopic (exact) mass is 267 g/mol. The van der Waals surface area contributed by atoms with Crippen LogP contribution in [0.1, 0.15) is 24.2 Å². The predicted octanol–water partition coefficient (Wildman–Crippen LogP) is 1.54. The van der Waals surface area contributed by atoms with Gasteiger partial charge in [0.05, 0.1) is 12.5 Å². The number of anilines is 1. The number of esters is 1. The molecule has 6 heteroatoms. The standard InChI is InChI=1S/C13H17NO5/c1-13(2,12(17)18-3)7-19-9-6-4-5-8(14)10(9)11(15)16/h4-6H,7,14H2,1-3H3,(H,15,16). The van der Waals surface area contributed by atoms with Crippen molar-refractivity contribution in [3.63, 3.8) is 0 Å². The van der Waals surface area contributed by atoms with Gasteiger partial charge in [0.1, 0.15) is 17.9 Å².